The van der Waals surface area contributed by atoms with Crippen molar-refractivity contribution in [3.63, 3.8) is 0 Å². The molecule has 0 unspecified atom stereocenters. The number of hydrogen-bond acceptors (Lipinski definition) is 3. The Balaban J connectivity index is 2.27. The number of aromatic carboxylic acids is 1. The van der Waals surface area contributed by atoms with E-state index >= 15 is 0 Å². The molecule has 21 heavy (non-hydrogen) atoms. The van der Waals surface area contributed by atoms with Crippen molar-refractivity contribution < 1.29 is 14.6 Å². The molecule has 2 rings (SSSR count). The van der Waals surface area contributed by atoms with Gasteiger partial charge >= 0.3 is 5.97 Å². The molecule has 0 radical (unpaired) electrons. The Hall–Kier alpha value is -2.46. The summed E-state index contributed by atoms with van der Waals surface area (Å²) in [6.07, 6.45) is 4.62. The third-order valence-corrected chi connectivity index (χ3v) is 3.31. The van der Waals surface area contributed by atoms with Gasteiger partial charge in [-0.3, -0.25) is 0 Å². The van der Waals surface area contributed by atoms with E-state index in [1.54, 1.807) is 6.07 Å². The van der Waals surface area contributed by atoms with Gasteiger partial charge in [0, 0.05) is 18.4 Å². The topological polar surface area (TPSA) is 70.3 Å². The fourth-order valence-corrected chi connectivity index (χ4v) is 2.29. The lowest BCUT2D eigenvalue weighted by atomic mass is 10.0. The minimum Gasteiger partial charge on any atom is -0.492 e. The maximum Gasteiger partial charge on any atom is 0.339 e. The Bertz CT molecular complexity index is 632. The number of hydrogen-bond donors (Lipinski definition) is 1. The van der Waals surface area contributed by atoms with E-state index in [-0.39, 0.29) is 5.56 Å². The van der Waals surface area contributed by atoms with Crippen molar-refractivity contribution in [1.29, 1.82) is 5.26 Å². The molecule has 1 aliphatic rings. The zero-order valence-electron chi connectivity index (χ0n) is 11.8. The maximum atomic E-state index is 11.4. The standard InChI is InChI=1S/C17H17NO3/c18-9-5-2-1-3-7-13-11-14-8-4-6-10-21-16(14)15(12-13)17(19)20/h11-12H,1-2,4-6,8,10H2,(H,19,20). The highest BCUT2D eigenvalue weighted by molar-refractivity contribution is 5.92. The van der Waals surface area contributed by atoms with Crippen molar-refractivity contribution in [2.45, 2.75) is 38.5 Å². The van der Waals surface area contributed by atoms with Crippen LogP contribution < -0.4 is 4.74 Å². The van der Waals surface area contributed by atoms with Gasteiger partial charge in [0.05, 0.1) is 12.7 Å². The van der Waals surface area contributed by atoms with Crippen LogP contribution in [-0.2, 0) is 6.42 Å². The van der Waals surface area contributed by atoms with Gasteiger partial charge < -0.3 is 9.84 Å². The molecular weight excluding hydrogens is 266 g/mol. The van der Waals surface area contributed by atoms with E-state index in [4.69, 9.17) is 10.00 Å². The number of benzene rings is 1. The number of carboxylic acid groups (broad SMARTS) is 1. The Morgan fingerprint density at radius 2 is 2.19 bits per heavy atom. The van der Waals surface area contributed by atoms with Crippen LogP contribution in [-0.4, -0.2) is 17.7 Å². The lowest BCUT2D eigenvalue weighted by Gasteiger charge is -2.11. The molecule has 108 valence electrons. The minimum absolute atomic E-state index is 0.190. The normalized spacial score (nSPS) is 12.9. The first-order valence-electron chi connectivity index (χ1n) is 7.11. The van der Waals surface area contributed by atoms with Crippen molar-refractivity contribution in [2.75, 3.05) is 6.61 Å². The van der Waals surface area contributed by atoms with Crippen LogP contribution in [0, 0.1) is 23.2 Å². The van der Waals surface area contributed by atoms with Crippen LogP contribution in [0.1, 0.15) is 53.6 Å². The van der Waals surface area contributed by atoms with E-state index in [2.05, 4.69) is 17.9 Å². The first-order valence-corrected chi connectivity index (χ1v) is 7.11. The van der Waals surface area contributed by atoms with E-state index < -0.39 is 5.97 Å². The number of fused-ring (bicyclic) bond motifs is 1. The first-order chi connectivity index (χ1) is 10.2. The third-order valence-electron chi connectivity index (χ3n) is 3.31. The van der Waals surface area contributed by atoms with Gasteiger partial charge in [-0.05, 0) is 43.4 Å². The molecule has 1 aliphatic heterocycles. The number of carboxylic acids is 1. The van der Waals surface area contributed by atoms with Crippen LogP contribution >= 0.6 is 0 Å². The summed E-state index contributed by atoms with van der Waals surface area (Å²) in [7, 11) is 0. The fraction of sp³-hybridized carbons (Fsp3) is 0.412. The van der Waals surface area contributed by atoms with Gasteiger partial charge in [0.2, 0.25) is 0 Å². The molecule has 0 bridgehead atoms. The van der Waals surface area contributed by atoms with Crippen LogP contribution in [0.3, 0.4) is 0 Å². The summed E-state index contributed by atoms with van der Waals surface area (Å²) < 4.78 is 5.59. The molecular formula is C17H17NO3. The zero-order chi connectivity index (χ0) is 15.1. The van der Waals surface area contributed by atoms with Gasteiger partial charge in [0.15, 0.2) is 0 Å². The van der Waals surface area contributed by atoms with Gasteiger partial charge in [0.25, 0.3) is 0 Å². The number of nitriles is 1. The second-order valence-electron chi connectivity index (χ2n) is 4.94. The quantitative estimate of drug-likeness (QED) is 0.683. The molecule has 0 atom stereocenters. The van der Waals surface area contributed by atoms with Gasteiger partial charge in [-0.25, -0.2) is 4.79 Å². The van der Waals surface area contributed by atoms with E-state index in [0.717, 1.165) is 31.2 Å². The average Bonchev–Trinajstić information content (AvgIpc) is 2.71. The minimum atomic E-state index is -0.985. The zero-order valence-corrected chi connectivity index (χ0v) is 11.8. The largest absolute Gasteiger partial charge is 0.492 e. The number of ether oxygens (including phenoxy) is 1. The average molecular weight is 283 g/mol. The molecule has 0 saturated heterocycles. The summed E-state index contributed by atoms with van der Waals surface area (Å²) in [6, 6.07) is 5.57. The smallest absolute Gasteiger partial charge is 0.339 e. The van der Waals surface area contributed by atoms with Gasteiger partial charge in [-0.1, -0.05) is 11.8 Å². The number of rotatable bonds is 3. The molecule has 4 heteroatoms. The molecule has 0 saturated carbocycles. The molecule has 0 fully saturated rings. The summed E-state index contributed by atoms with van der Waals surface area (Å²) in [5.41, 5.74) is 1.82. The van der Waals surface area contributed by atoms with Gasteiger partial charge in [-0.15, -0.1) is 0 Å². The third kappa shape index (κ3) is 4.00. The summed E-state index contributed by atoms with van der Waals surface area (Å²) in [5, 5.41) is 17.8. The van der Waals surface area contributed by atoms with Crippen LogP contribution in [0.25, 0.3) is 0 Å². The van der Waals surface area contributed by atoms with E-state index in [1.807, 2.05) is 6.07 Å². The van der Waals surface area contributed by atoms with E-state index in [0.29, 0.717) is 30.8 Å². The van der Waals surface area contributed by atoms with Crippen LogP contribution in [0.5, 0.6) is 5.75 Å². The molecule has 0 spiro atoms. The number of nitrogens with zero attached hydrogens (tertiary/aromatic N) is 1. The summed E-state index contributed by atoms with van der Waals surface area (Å²) >= 11 is 0. The first kappa shape index (κ1) is 14.9. The van der Waals surface area contributed by atoms with Crippen molar-refractivity contribution in [2.24, 2.45) is 0 Å². The highest BCUT2D eigenvalue weighted by Crippen LogP contribution is 2.30. The SMILES string of the molecule is N#CCCCC#Cc1cc2c(c(C(=O)O)c1)OCCCC2. The lowest BCUT2D eigenvalue weighted by molar-refractivity contribution is 0.0692. The Morgan fingerprint density at radius 1 is 1.33 bits per heavy atom. The van der Waals surface area contributed by atoms with Crippen LogP contribution in [0.15, 0.2) is 12.1 Å². The van der Waals surface area contributed by atoms with Crippen molar-refractivity contribution >= 4 is 5.97 Å². The molecule has 0 aromatic heterocycles. The van der Waals surface area contributed by atoms with Crippen molar-refractivity contribution in [3.8, 4) is 23.7 Å². The number of unbranched alkanes of at least 4 members (excludes halogenated alkanes) is 2. The molecule has 0 aliphatic carbocycles. The Labute approximate surface area is 124 Å². The second-order valence-corrected chi connectivity index (χ2v) is 4.94. The summed E-state index contributed by atoms with van der Waals surface area (Å²) in [5.74, 6) is 5.49. The lowest BCUT2D eigenvalue weighted by Crippen LogP contribution is -2.05. The van der Waals surface area contributed by atoms with Crippen molar-refractivity contribution in [3.05, 3.63) is 28.8 Å². The van der Waals surface area contributed by atoms with Crippen LogP contribution in [0.4, 0.5) is 0 Å². The predicted molar refractivity (Wildman–Crippen MR) is 78.2 cm³/mol. The highest BCUT2D eigenvalue weighted by Gasteiger charge is 2.19. The Morgan fingerprint density at radius 3 is 2.95 bits per heavy atom. The monoisotopic (exact) mass is 283 g/mol. The van der Waals surface area contributed by atoms with E-state index in [1.165, 1.54) is 0 Å². The Kier molecular flexibility index (Phi) is 5.23. The summed E-state index contributed by atoms with van der Waals surface area (Å²) in [6.45, 7) is 0.562. The van der Waals surface area contributed by atoms with E-state index in [9.17, 15) is 9.90 Å². The molecule has 1 aromatic carbocycles. The second kappa shape index (κ2) is 7.36. The highest BCUT2D eigenvalue weighted by atomic mass is 16.5. The molecule has 1 heterocycles. The maximum absolute atomic E-state index is 11.4. The van der Waals surface area contributed by atoms with Gasteiger partial charge in [-0.2, -0.15) is 5.26 Å². The summed E-state index contributed by atoms with van der Waals surface area (Å²) in [4.78, 5) is 11.4. The number of aryl methyl sites for hydroxylation is 1. The van der Waals surface area contributed by atoms with Gasteiger partial charge in [0.1, 0.15) is 11.3 Å². The molecule has 4 nitrogen and oxygen atoms in total. The number of carbonyl (C=O) groups is 1. The fourth-order valence-electron chi connectivity index (χ4n) is 2.29. The molecule has 1 N–H and O–H groups in total. The van der Waals surface area contributed by atoms with Crippen LogP contribution in [0.2, 0.25) is 0 Å². The van der Waals surface area contributed by atoms with Crippen molar-refractivity contribution in [1.82, 2.24) is 0 Å². The molecule has 1 aromatic rings. The predicted octanol–water partition coefficient (Wildman–Crippen LogP) is 3.15. The molecule has 0 amide bonds.